The molecule has 21 heavy (non-hydrogen) atoms. The summed E-state index contributed by atoms with van der Waals surface area (Å²) in [6.45, 7) is 2.73. The van der Waals surface area contributed by atoms with E-state index in [-0.39, 0.29) is 18.4 Å². The number of hydrogen-bond donors (Lipinski definition) is 2. The Morgan fingerprint density at radius 1 is 1.52 bits per heavy atom. The molecular weight excluding hydrogens is 286 g/mol. The van der Waals surface area contributed by atoms with Gasteiger partial charge in [0.15, 0.2) is 0 Å². The summed E-state index contributed by atoms with van der Waals surface area (Å²) < 4.78 is 0. The van der Waals surface area contributed by atoms with Gasteiger partial charge in [-0.15, -0.1) is 11.3 Å². The quantitative estimate of drug-likeness (QED) is 0.796. The molecule has 1 atom stereocenters. The van der Waals surface area contributed by atoms with Crippen LogP contribution >= 0.6 is 11.3 Å². The van der Waals surface area contributed by atoms with Gasteiger partial charge in [-0.2, -0.15) is 0 Å². The molecule has 0 radical (unpaired) electrons. The highest BCUT2D eigenvalue weighted by Gasteiger charge is 2.18. The zero-order valence-corrected chi connectivity index (χ0v) is 13.2. The van der Waals surface area contributed by atoms with Crippen LogP contribution in [-0.2, 0) is 16.1 Å². The Balaban J connectivity index is 1.63. The minimum absolute atomic E-state index is 0.0492. The fourth-order valence-corrected chi connectivity index (χ4v) is 3.08. The number of thiophene rings is 1. The lowest BCUT2D eigenvalue weighted by atomic mass is 10.0. The third-order valence-electron chi connectivity index (χ3n) is 3.78. The van der Waals surface area contributed by atoms with E-state index >= 15 is 0 Å². The van der Waals surface area contributed by atoms with Crippen LogP contribution in [0.1, 0.15) is 24.1 Å². The smallest absolute Gasteiger partial charge is 0.239 e. The molecule has 2 amide bonds. The summed E-state index contributed by atoms with van der Waals surface area (Å²) in [6.07, 6.45) is 2.59. The summed E-state index contributed by atoms with van der Waals surface area (Å²) in [6, 6.07) is 3.94. The predicted molar refractivity (Wildman–Crippen MR) is 84.0 cm³/mol. The molecule has 0 aliphatic carbocycles. The average Bonchev–Trinajstić information content (AvgIpc) is 3.15. The average molecular weight is 309 g/mol. The topological polar surface area (TPSA) is 61.4 Å². The van der Waals surface area contributed by atoms with Crippen molar-refractivity contribution in [1.82, 2.24) is 15.5 Å². The van der Waals surface area contributed by atoms with Crippen LogP contribution in [0.4, 0.5) is 0 Å². The van der Waals surface area contributed by atoms with Gasteiger partial charge in [0, 0.05) is 18.3 Å². The SMILES string of the molecule is CN(CC(=O)NCc1cccs1)C(=O)CCC1CCNC1. The van der Waals surface area contributed by atoms with Crippen molar-refractivity contribution < 1.29 is 9.59 Å². The third kappa shape index (κ3) is 5.47. The van der Waals surface area contributed by atoms with Gasteiger partial charge in [0.05, 0.1) is 13.1 Å². The maximum atomic E-state index is 12.0. The highest BCUT2D eigenvalue weighted by Crippen LogP contribution is 2.14. The number of rotatable bonds is 7. The number of carbonyl (C=O) groups excluding carboxylic acids is 2. The number of nitrogens with one attached hydrogen (secondary N) is 2. The van der Waals surface area contributed by atoms with Gasteiger partial charge < -0.3 is 15.5 Å². The van der Waals surface area contributed by atoms with E-state index < -0.39 is 0 Å². The van der Waals surface area contributed by atoms with Crippen molar-refractivity contribution in [3.8, 4) is 0 Å². The van der Waals surface area contributed by atoms with Gasteiger partial charge in [0.1, 0.15) is 0 Å². The molecule has 1 unspecified atom stereocenters. The Bertz CT molecular complexity index is 455. The van der Waals surface area contributed by atoms with Crippen molar-refractivity contribution in [2.45, 2.75) is 25.8 Å². The Morgan fingerprint density at radius 3 is 3.05 bits per heavy atom. The number of hydrogen-bond acceptors (Lipinski definition) is 4. The van der Waals surface area contributed by atoms with Crippen LogP contribution in [0.15, 0.2) is 17.5 Å². The molecule has 0 aromatic carbocycles. The zero-order valence-electron chi connectivity index (χ0n) is 12.4. The standard InChI is InChI=1S/C15H23N3O2S/c1-18(15(20)5-4-12-6-7-16-9-12)11-14(19)17-10-13-3-2-8-21-13/h2-3,8,12,16H,4-7,9-11H2,1H3,(H,17,19). The lowest BCUT2D eigenvalue weighted by Gasteiger charge is -2.17. The Kier molecular flexibility index (Phi) is 6.20. The van der Waals surface area contributed by atoms with E-state index in [1.165, 1.54) is 4.90 Å². The van der Waals surface area contributed by atoms with Crippen molar-refractivity contribution in [2.24, 2.45) is 5.92 Å². The first-order valence-electron chi connectivity index (χ1n) is 7.39. The van der Waals surface area contributed by atoms with Crippen LogP contribution < -0.4 is 10.6 Å². The van der Waals surface area contributed by atoms with E-state index in [4.69, 9.17) is 0 Å². The molecule has 1 saturated heterocycles. The van der Waals surface area contributed by atoms with Gasteiger partial charge in [0.25, 0.3) is 0 Å². The summed E-state index contributed by atoms with van der Waals surface area (Å²) >= 11 is 1.61. The lowest BCUT2D eigenvalue weighted by Crippen LogP contribution is -2.38. The molecule has 0 spiro atoms. The fraction of sp³-hybridized carbons (Fsp3) is 0.600. The highest BCUT2D eigenvalue weighted by atomic mass is 32.1. The maximum absolute atomic E-state index is 12.0. The Morgan fingerprint density at radius 2 is 2.38 bits per heavy atom. The molecule has 1 fully saturated rings. The minimum Gasteiger partial charge on any atom is -0.350 e. The van der Waals surface area contributed by atoms with Crippen LogP contribution in [0.5, 0.6) is 0 Å². The second kappa shape index (κ2) is 8.14. The summed E-state index contributed by atoms with van der Waals surface area (Å²) in [5.74, 6) is 0.546. The second-order valence-corrected chi connectivity index (χ2v) is 6.54. The lowest BCUT2D eigenvalue weighted by molar-refractivity contribution is -0.135. The molecule has 1 aromatic heterocycles. The van der Waals surface area contributed by atoms with E-state index in [1.807, 2.05) is 17.5 Å². The van der Waals surface area contributed by atoms with E-state index in [9.17, 15) is 9.59 Å². The van der Waals surface area contributed by atoms with E-state index in [2.05, 4.69) is 10.6 Å². The maximum Gasteiger partial charge on any atom is 0.239 e. The largest absolute Gasteiger partial charge is 0.350 e. The first-order valence-corrected chi connectivity index (χ1v) is 8.27. The van der Waals surface area contributed by atoms with Crippen LogP contribution in [0.2, 0.25) is 0 Å². The van der Waals surface area contributed by atoms with Gasteiger partial charge in [-0.25, -0.2) is 0 Å². The van der Waals surface area contributed by atoms with Crippen molar-refractivity contribution >= 4 is 23.2 Å². The van der Waals surface area contributed by atoms with Crippen molar-refractivity contribution in [3.63, 3.8) is 0 Å². The number of amides is 2. The van der Waals surface area contributed by atoms with Crippen LogP contribution in [-0.4, -0.2) is 43.4 Å². The second-order valence-electron chi connectivity index (χ2n) is 5.50. The molecule has 2 heterocycles. The minimum atomic E-state index is -0.109. The first kappa shape index (κ1) is 16.0. The zero-order chi connectivity index (χ0) is 15.1. The van der Waals surface area contributed by atoms with Gasteiger partial charge in [-0.1, -0.05) is 6.07 Å². The van der Waals surface area contributed by atoms with Crippen molar-refractivity contribution in [1.29, 1.82) is 0 Å². The summed E-state index contributed by atoms with van der Waals surface area (Å²) in [5, 5.41) is 8.12. The van der Waals surface area contributed by atoms with E-state index in [1.54, 1.807) is 18.4 Å². The molecule has 6 heteroatoms. The van der Waals surface area contributed by atoms with Gasteiger partial charge in [-0.3, -0.25) is 9.59 Å². The monoisotopic (exact) mass is 309 g/mol. The molecule has 1 aliphatic heterocycles. The third-order valence-corrected chi connectivity index (χ3v) is 4.65. The molecule has 2 rings (SSSR count). The Hall–Kier alpha value is -1.40. The molecule has 2 N–H and O–H groups in total. The van der Waals surface area contributed by atoms with Crippen molar-refractivity contribution in [2.75, 3.05) is 26.7 Å². The highest BCUT2D eigenvalue weighted by molar-refractivity contribution is 7.09. The molecule has 1 aromatic rings. The Labute approximate surface area is 129 Å². The summed E-state index contributed by atoms with van der Waals surface area (Å²) in [4.78, 5) is 26.4. The molecule has 0 saturated carbocycles. The summed E-state index contributed by atoms with van der Waals surface area (Å²) in [5.41, 5.74) is 0. The van der Waals surface area contributed by atoms with Gasteiger partial charge in [-0.05, 0) is 43.3 Å². The number of carbonyl (C=O) groups is 2. The molecule has 1 aliphatic rings. The van der Waals surface area contributed by atoms with Crippen molar-refractivity contribution in [3.05, 3.63) is 22.4 Å². The number of likely N-dealkylation sites (N-methyl/N-ethyl adjacent to an activating group) is 1. The van der Waals surface area contributed by atoms with Crippen LogP contribution in [0, 0.1) is 5.92 Å². The van der Waals surface area contributed by atoms with E-state index in [0.717, 1.165) is 30.8 Å². The van der Waals surface area contributed by atoms with Gasteiger partial charge >= 0.3 is 0 Å². The molecule has 116 valence electrons. The summed E-state index contributed by atoms with van der Waals surface area (Å²) in [7, 11) is 1.69. The molecule has 0 bridgehead atoms. The fourth-order valence-electron chi connectivity index (χ4n) is 2.44. The molecule has 5 nitrogen and oxygen atoms in total. The normalized spacial score (nSPS) is 17.7. The number of nitrogens with zero attached hydrogens (tertiary/aromatic N) is 1. The van der Waals surface area contributed by atoms with Gasteiger partial charge in [0.2, 0.25) is 11.8 Å². The van der Waals surface area contributed by atoms with E-state index in [0.29, 0.717) is 18.9 Å². The van der Waals surface area contributed by atoms with Crippen LogP contribution in [0.25, 0.3) is 0 Å². The first-order chi connectivity index (χ1) is 10.1. The van der Waals surface area contributed by atoms with Crippen LogP contribution in [0.3, 0.4) is 0 Å². The molecular formula is C15H23N3O2S. The predicted octanol–water partition coefficient (Wildman–Crippen LogP) is 1.21.